The van der Waals surface area contributed by atoms with E-state index in [1.54, 1.807) is 14.0 Å². The molecule has 0 saturated carbocycles. The van der Waals surface area contributed by atoms with Crippen LogP contribution in [-0.2, 0) is 16.1 Å². The minimum atomic E-state index is -0.471. The van der Waals surface area contributed by atoms with Gasteiger partial charge in [-0.3, -0.25) is 14.9 Å². The van der Waals surface area contributed by atoms with E-state index in [1.807, 2.05) is 54.6 Å². The first-order valence-electron chi connectivity index (χ1n) is 9.12. The van der Waals surface area contributed by atoms with Crippen molar-refractivity contribution in [1.82, 2.24) is 16.0 Å². The Hall–Kier alpha value is -2.51. The van der Waals surface area contributed by atoms with Gasteiger partial charge in [0.05, 0.1) is 19.7 Å². The molecule has 0 aliphatic carbocycles. The average Bonchev–Trinajstić information content (AvgIpc) is 2.74. The fourth-order valence-corrected chi connectivity index (χ4v) is 2.96. The summed E-state index contributed by atoms with van der Waals surface area (Å²) in [5.41, 5.74) is 2.02. The average molecular weight is 402 g/mol. The summed E-state index contributed by atoms with van der Waals surface area (Å²) >= 11 is 4.38. The molecule has 0 aromatic heterocycles. The molecule has 0 heterocycles. The topological polar surface area (TPSA) is 79.5 Å². The van der Waals surface area contributed by atoms with E-state index < -0.39 is 6.04 Å². The van der Waals surface area contributed by atoms with Gasteiger partial charge in [-0.2, -0.15) is 12.6 Å². The highest BCUT2D eigenvalue weighted by molar-refractivity contribution is 7.80. The molecule has 6 nitrogen and oxygen atoms in total. The van der Waals surface area contributed by atoms with Crippen LogP contribution in [0.2, 0.25) is 0 Å². The van der Waals surface area contributed by atoms with Crippen LogP contribution in [0.5, 0.6) is 5.75 Å². The van der Waals surface area contributed by atoms with Gasteiger partial charge in [-0.15, -0.1) is 0 Å². The number of rotatable bonds is 10. The van der Waals surface area contributed by atoms with Crippen LogP contribution in [0.3, 0.4) is 0 Å². The molecule has 28 heavy (non-hydrogen) atoms. The molecule has 2 aromatic carbocycles. The largest absolute Gasteiger partial charge is 0.497 e. The van der Waals surface area contributed by atoms with E-state index in [-0.39, 0.29) is 24.4 Å². The lowest BCUT2D eigenvalue weighted by Gasteiger charge is -2.22. The van der Waals surface area contributed by atoms with Gasteiger partial charge in [0.25, 0.3) is 0 Å². The maximum absolute atomic E-state index is 12.3. The van der Waals surface area contributed by atoms with Gasteiger partial charge in [0, 0.05) is 18.3 Å². The van der Waals surface area contributed by atoms with Crippen molar-refractivity contribution < 1.29 is 14.3 Å². The Kier molecular flexibility index (Phi) is 8.84. The van der Waals surface area contributed by atoms with Gasteiger partial charge < -0.3 is 15.4 Å². The summed E-state index contributed by atoms with van der Waals surface area (Å²) < 4.78 is 5.16. The Morgan fingerprint density at radius 3 is 2.32 bits per heavy atom. The van der Waals surface area contributed by atoms with Gasteiger partial charge in [-0.1, -0.05) is 42.5 Å². The van der Waals surface area contributed by atoms with Crippen LogP contribution in [0.15, 0.2) is 54.6 Å². The normalized spacial score (nSPS) is 12.7. The molecule has 0 fully saturated rings. The van der Waals surface area contributed by atoms with Crippen molar-refractivity contribution in [3.05, 3.63) is 65.7 Å². The highest BCUT2D eigenvalue weighted by Crippen LogP contribution is 2.19. The Balaban J connectivity index is 1.78. The molecule has 2 aromatic rings. The molecule has 0 spiro atoms. The summed E-state index contributed by atoms with van der Waals surface area (Å²) in [7, 11) is 1.62. The number of thiol groups is 1. The number of carbonyl (C=O) groups is 2. The number of carbonyl (C=O) groups excluding carboxylic acids is 2. The molecule has 2 rings (SSSR count). The van der Waals surface area contributed by atoms with E-state index in [0.29, 0.717) is 12.3 Å². The van der Waals surface area contributed by atoms with Crippen LogP contribution in [0.1, 0.15) is 24.1 Å². The zero-order chi connectivity index (χ0) is 20.4. The van der Waals surface area contributed by atoms with Crippen molar-refractivity contribution in [2.75, 3.05) is 19.4 Å². The Morgan fingerprint density at radius 1 is 1.04 bits per heavy atom. The van der Waals surface area contributed by atoms with Crippen LogP contribution in [0.4, 0.5) is 0 Å². The summed E-state index contributed by atoms with van der Waals surface area (Å²) in [5, 5.41) is 8.68. The third-order valence-corrected chi connectivity index (χ3v) is 4.67. The standard InChI is InChI=1S/C21H27N3O3S/c1-15(24-19(14-28)17-8-10-18(27-2)11-9-17)21(26)23-13-20(25)22-12-16-6-4-3-5-7-16/h3-11,15,19,24,28H,12-14H2,1-2H3,(H,22,25)(H,23,26)/t15-,19+/m0/s1. The Labute approximate surface area is 171 Å². The molecule has 0 unspecified atom stereocenters. The lowest BCUT2D eigenvalue weighted by molar-refractivity contribution is -0.127. The van der Waals surface area contributed by atoms with Gasteiger partial charge in [0.15, 0.2) is 0 Å². The van der Waals surface area contributed by atoms with E-state index >= 15 is 0 Å². The molecule has 0 bridgehead atoms. The van der Waals surface area contributed by atoms with E-state index in [2.05, 4.69) is 28.6 Å². The highest BCUT2D eigenvalue weighted by atomic mass is 32.1. The Bertz CT molecular complexity index is 753. The van der Waals surface area contributed by atoms with Crippen molar-refractivity contribution in [2.45, 2.75) is 25.6 Å². The van der Waals surface area contributed by atoms with Crippen LogP contribution in [0, 0.1) is 0 Å². The fourth-order valence-electron chi connectivity index (χ4n) is 2.65. The lowest BCUT2D eigenvalue weighted by Crippen LogP contribution is -2.46. The van der Waals surface area contributed by atoms with Crippen LogP contribution in [-0.4, -0.2) is 37.3 Å². The fraction of sp³-hybridized carbons (Fsp3) is 0.333. The molecule has 0 saturated heterocycles. The monoisotopic (exact) mass is 401 g/mol. The summed E-state index contributed by atoms with van der Waals surface area (Å²) in [4.78, 5) is 24.2. The smallest absolute Gasteiger partial charge is 0.239 e. The first kappa shape index (κ1) is 21.8. The highest BCUT2D eigenvalue weighted by Gasteiger charge is 2.19. The molecule has 150 valence electrons. The van der Waals surface area contributed by atoms with E-state index in [1.165, 1.54) is 0 Å². The zero-order valence-corrected chi connectivity index (χ0v) is 17.0. The maximum Gasteiger partial charge on any atom is 0.239 e. The van der Waals surface area contributed by atoms with Crippen molar-refractivity contribution >= 4 is 24.4 Å². The second kappa shape index (κ2) is 11.4. The van der Waals surface area contributed by atoms with E-state index in [9.17, 15) is 9.59 Å². The predicted molar refractivity (Wildman–Crippen MR) is 113 cm³/mol. The van der Waals surface area contributed by atoms with Crippen molar-refractivity contribution in [3.63, 3.8) is 0 Å². The van der Waals surface area contributed by atoms with E-state index in [0.717, 1.165) is 16.9 Å². The second-order valence-corrected chi connectivity index (χ2v) is 6.74. The Morgan fingerprint density at radius 2 is 1.71 bits per heavy atom. The lowest BCUT2D eigenvalue weighted by atomic mass is 10.1. The number of ether oxygens (including phenoxy) is 1. The van der Waals surface area contributed by atoms with Gasteiger partial charge in [-0.05, 0) is 30.2 Å². The predicted octanol–water partition coefficient (Wildman–Crippen LogP) is 2.08. The molecule has 7 heteroatoms. The van der Waals surface area contributed by atoms with Gasteiger partial charge in [0.2, 0.25) is 11.8 Å². The third-order valence-electron chi connectivity index (χ3n) is 4.30. The van der Waals surface area contributed by atoms with Crippen LogP contribution < -0.4 is 20.7 Å². The third kappa shape index (κ3) is 6.90. The molecular weight excluding hydrogens is 374 g/mol. The first-order valence-corrected chi connectivity index (χ1v) is 9.76. The number of amides is 2. The SMILES string of the molecule is COc1ccc([C@@H](CS)N[C@@H](C)C(=O)NCC(=O)NCc2ccccc2)cc1. The summed E-state index contributed by atoms with van der Waals surface area (Å²) in [6, 6.07) is 16.7. The summed E-state index contributed by atoms with van der Waals surface area (Å²) in [5.74, 6) is 0.830. The van der Waals surface area contributed by atoms with Crippen LogP contribution >= 0.6 is 12.6 Å². The molecule has 2 amide bonds. The zero-order valence-electron chi connectivity index (χ0n) is 16.1. The minimum absolute atomic E-state index is 0.0637. The van der Waals surface area contributed by atoms with Crippen molar-refractivity contribution in [3.8, 4) is 5.75 Å². The quantitative estimate of drug-likeness (QED) is 0.460. The van der Waals surface area contributed by atoms with Gasteiger partial charge in [-0.25, -0.2) is 0 Å². The number of nitrogens with one attached hydrogen (secondary N) is 3. The molecule has 2 atom stereocenters. The maximum atomic E-state index is 12.3. The van der Waals surface area contributed by atoms with E-state index in [4.69, 9.17) is 4.74 Å². The number of methoxy groups -OCH3 is 1. The molecule has 3 N–H and O–H groups in total. The van der Waals surface area contributed by atoms with Gasteiger partial charge in [0.1, 0.15) is 5.75 Å². The molecule has 0 aliphatic heterocycles. The van der Waals surface area contributed by atoms with Crippen molar-refractivity contribution in [1.29, 1.82) is 0 Å². The van der Waals surface area contributed by atoms with Crippen molar-refractivity contribution in [2.24, 2.45) is 0 Å². The van der Waals surface area contributed by atoms with Crippen LogP contribution in [0.25, 0.3) is 0 Å². The summed E-state index contributed by atoms with van der Waals surface area (Å²) in [6.07, 6.45) is 0. The molecule has 0 radical (unpaired) electrons. The number of hydrogen-bond acceptors (Lipinski definition) is 5. The second-order valence-electron chi connectivity index (χ2n) is 6.38. The van der Waals surface area contributed by atoms with Gasteiger partial charge >= 0.3 is 0 Å². The molecular formula is C21H27N3O3S. The molecule has 0 aliphatic rings. The number of hydrogen-bond donors (Lipinski definition) is 4. The first-order chi connectivity index (χ1) is 13.5. The minimum Gasteiger partial charge on any atom is -0.497 e. The summed E-state index contributed by atoms with van der Waals surface area (Å²) in [6.45, 7) is 2.13. The number of benzene rings is 2.